The first-order valence-electron chi connectivity index (χ1n) is 8.43. The predicted molar refractivity (Wildman–Crippen MR) is 91.4 cm³/mol. The van der Waals surface area contributed by atoms with Gasteiger partial charge in [0.15, 0.2) is 0 Å². The normalized spacial score (nSPS) is 23.7. The van der Waals surface area contributed by atoms with E-state index in [1.807, 2.05) is 12.1 Å². The summed E-state index contributed by atoms with van der Waals surface area (Å²) in [6, 6.07) is 8.25. The van der Waals surface area contributed by atoms with E-state index in [2.05, 4.69) is 39.8 Å². The molecule has 2 aliphatic rings. The molecule has 5 heteroatoms. The summed E-state index contributed by atoms with van der Waals surface area (Å²) in [4.78, 5) is 11.4. The van der Waals surface area contributed by atoms with Gasteiger partial charge in [0.05, 0.1) is 11.2 Å². The Kier molecular flexibility index (Phi) is 4.05. The van der Waals surface area contributed by atoms with Crippen molar-refractivity contribution in [3.8, 4) is 0 Å². The lowest BCUT2D eigenvalue weighted by atomic mass is 9.76. The Labute approximate surface area is 138 Å². The first kappa shape index (κ1) is 16.5. The maximum atomic E-state index is 11.4. The second-order valence-electron chi connectivity index (χ2n) is 7.87. The van der Waals surface area contributed by atoms with Crippen LogP contribution in [-0.2, 0) is 14.1 Å². The van der Waals surface area contributed by atoms with Crippen LogP contribution in [0.3, 0.4) is 0 Å². The topological polar surface area (TPSA) is 61.5 Å². The summed E-state index contributed by atoms with van der Waals surface area (Å²) in [5, 5.41) is 0. The molecule has 2 fully saturated rings. The number of amides is 1. The highest BCUT2D eigenvalue weighted by molar-refractivity contribution is 6.62. The van der Waals surface area contributed by atoms with Crippen molar-refractivity contribution in [1.29, 1.82) is 0 Å². The molecule has 124 valence electrons. The zero-order valence-electron chi connectivity index (χ0n) is 14.5. The average molecular weight is 315 g/mol. The van der Waals surface area contributed by atoms with Crippen LogP contribution in [0.5, 0.6) is 0 Å². The van der Waals surface area contributed by atoms with Crippen LogP contribution in [0.2, 0.25) is 0 Å². The van der Waals surface area contributed by atoms with E-state index >= 15 is 0 Å². The molecule has 1 aromatic rings. The Morgan fingerprint density at radius 3 is 2.39 bits per heavy atom. The molecule has 1 saturated heterocycles. The Morgan fingerprint density at radius 1 is 1.26 bits per heavy atom. The number of nitrogens with two attached hydrogens (primary N) is 1. The van der Waals surface area contributed by atoms with Gasteiger partial charge in [-0.25, -0.2) is 0 Å². The van der Waals surface area contributed by atoms with Gasteiger partial charge in [-0.1, -0.05) is 24.3 Å². The van der Waals surface area contributed by atoms with Crippen LogP contribution in [0, 0.1) is 5.92 Å². The minimum Gasteiger partial charge on any atom is -0.399 e. The van der Waals surface area contributed by atoms with Crippen molar-refractivity contribution >= 4 is 18.5 Å². The van der Waals surface area contributed by atoms with Crippen LogP contribution in [0.1, 0.15) is 58.4 Å². The minimum absolute atomic E-state index is 0.217. The summed E-state index contributed by atoms with van der Waals surface area (Å²) in [6.07, 6.45) is 2.77. The van der Waals surface area contributed by atoms with Gasteiger partial charge in [0.1, 0.15) is 0 Å². The lowest BCUT2D eigenvalue weighted by molar-refractivity contribution is -0.118. The van der Waals surface area contributed by atoms with Crippen LogP contribution in [0.15, 0.2) is 24.3 Å². The molecule has 0 aromatic heterocycles. The van der Waals surface area contributed by atoms with Gasteiger partial charge in [-0.2, -0.15) is 0 Å². The van der Waals surface area contributed by atoms with E-state index in [-0.39, 0.29) is 30.1 Å². The highest BCUT2D eigenvalue weighted by Gasteiger charge is 2.51. The molecule has 23 heavy (non-hydrogen) atoms. The summed E-state index contributed by atoms with van der Waals surface area (Å²) in [5.41, 5.74) is 6.91. The number of carbonyl (C=O) groups excluding carboxylic acids is 1. The molecule has 4 nitrogen and oxygen atoms in total. The van der Waals surface area contributed by atoms with Gasteiger partial charge in [0.25, 0.3) is 0 Å². The highest BCUT2D eigenvalue weighted by atomic mass is 16.7. The van der Waals surface area contributed by atoms with E-state index in [0.29, 0.717) is 12.3 Å². The fraction of sp³-hybridized carbons (Fsp3) is 0.611. The van der Waals surface area contributed by atoms with E-state index < -0.39 is 0 Å². The Balaban J connectivity index is 1.84. The molecule has 1 unspecified atom stereocenters. The number of rotatable bonds is 5. The third-order valence-electron chi connectivity index (χ3n) is 5.48. The predicted octanol–water partition coefficient (Wildman–Crippen LogP) is 2.35. The van der Waals surface area contributed by atoms with Gasteiger partial charge >= 0.3 is 7.12 Å². The Morgan fingerprint density at radius 2 is 1.87 bits per heavy atom. The van der Waals surface area contributed by atoms with Crippen molar-refractivity contribution in [3.05, 3.63) is 29.8 Å². The molecule has 0 bridgehead atoms. The van der Waals surface area contributed by atoms with Crippen LogP contribution >= 0.6 is 0 Å². The van der Waals surface area contributed by atoms with E-state index in [0.717, 1.165) is 5.46 Å². The van der Waals surface area contributed by atoms with Crippen molar-refractivity contribution in [2.75, 3.05) is 0 Å². The molecule has 1 aromatic carbocycles. The van der Waals surface area contributed by atoms with Crippen LogP contribution < -0.4 is 11.2 Å². The van der Waals surface area contributed by atoms with Gasteiger partial charge in [-0.3, -0.25) is 4.79 Å². The Hall–Kier alpha value is -1.33. The number of carbonyl (C=O) groups is 1. The highest BCUT2D eigenvalue weighted by Crippen LogP contribution is 2.44. The second kappa shape index (κ2) is 5.64. The number of benzene rings is 1. The van der Waals surface area contributed by atoms with Gasteiger partial charge in [-0.15, -0.1) is 0 Å². The van der Waals surface area contributed by atoms with Crippen LogP contribution in [-0.4, -0.2) is 24.2 Å². The molecule has 1 heterocycles. The quantitative estimate of drug-likeness (QED) is 0.849. The lowest BCUT2D eigenvalue weighted by Gasteiger charge is -2.32. The van der Waals surface area contributed by atoms with Gasteiger partial charge in [-0.05, 0) is 63.4 Å². The molecule has 1 amide bonds. The molecule has 3 rings (SSSR count). The van der Waals surface area contributed by atoms with Crippen LogP contribution in [0.25, 0.3) is 0 Å². The molecular weight excluding hydrogens is 289 g/mol. The van der Waals surface area contributed by atoms with E-state index in [9.17, 15) is 4.79 Å². The molecule has 0 spiro atoms. The number of hydrogen-bond acceptors (Lipinski definition) is 3. The molecule has 2 N–H and O–H groups in total. The van der Waals surface area contributed by atoms with Crippen molar-refractivity contribution in [3.63, 3.8) is 0 Å². The standard InChI is InChI=1S/C18H26BNO3/c1-17(2)18(3,4)23-19(22-17)14-7-5-6-13(10-14)15(11-16(20)21)12-8-9-12/h5-7,10,12,15H,8-9,11H2,1-4H3,(H2,20,21). The zero-order chi connectivity index (χ0) is 16.8. The maximum absolute atomic E-state index is 11.4. The van der Waals surface area contributed by atoms with Crippen molar-refractivity contribution in [2.24, 2.45) is 11.7 Å². The second-order valence-corrected chi connectivity index (χ2v) is 7.87. The molecule has 0 radical (unpaired) electrons. The monoisotopic (exact) mass is 315 g/mol. The summed E-state index contributed by atoms with van der Waals surface area (Å²) in [5.74, 6) is 0.564. The summed E-state index contributed by atoms with van der Waals surface area (Å²) in [7, 11) is -0.367. The van der Waals surface area contributed by atoms with E-state index in [4.69, 9.17) is 15.0 Å². The summed E-state index contributed by atoms with van der Waals surface area (Å²) < 4.78 is 12.3. The third-order valence-corrected chi connectivity index (χ3v) is 5.48. The molecule has 1 aliphatic heterocycles. The van der Waals surface area contributed by atoms with E-state index in [1.54, 1.807) is 0 Å². The molecule has 1 atom stereocenters. The Bertz CT molecular complexity index is 594. The smallest absolute Gasteiger partial charge is 0.399 e. The van der Waals surface area contributed by atoms with Gasteiger partial charge in [0, 0.05) is 6.42 Å². The molecule has 1 aliphatic carbocycles. The largest absolute Gasteiger partial charge is 0.494 e. The van der Waals surface area contributed by atoms with Crippen LogP contribution in [0.4, 0.5) is 0 Å². The maximum Gasteiger partial charge on any atom is 0.494 e. The van der Waals surface area contributed by atoms with Crippen molar-refractivity contribution in [1.82, 2.24) is 0 Å². The van der Waals surface area contributed by atoms with Gasteiger partial charge in [0.2, 0.25) is 5.91 Å². The van der Waals surface area contributed by atoms with Crippen molar-refractivity contribution in [2.45, 2.75) is 64.1 Å². The number of primary amides is 1. The fourth-order valence-electron chi connectivity index (χ4n) is 3.19. The zero-order valence-corrected chi connectivity index (χ0v) is 14.5. The van der Waals surface area contributed by atoms with E-state index in [1.165, 1.54) is 18.4 Å². The number of hydrogen-bond donors (Lipinski definition) is 1. The summed E-state index contributed by atoms with van der Waals surface area (Å²) >= 11 is 0. The molecule has 1 saturated carbocycles. The van der Waals surface area contributed by atoms with Crippen molar-refractivity contribution < 1.29 is 14.1 Å². The first-order valence-corrected chi connectivity index (χ1v) is 8.43. The minimum atomic E-state index is -0.367. The first-order chi connectivity index (χ1) is 10.7. The average Bonchev–Trinajstić information content (AvgIpc) is 3.24. The lowest BCUT2D eigenvalue weighted by Crippen LogP contribution is -2.41. The SMILES string of the molecule is CC1(C)OB(c2cccc(C(CC(N)=O)C3CC3)c2)OC1(C)C. The fourth-order valence-corrected chi connectivity index (χ4v) is 3.19. The summed E-state index contributed by atoms with van der Waals surface area (Å²) in [6.45, 7) is 8.21. The van der Waals surface area contributed by atoms with Gasteiger partial charge < -0.3 is 15.0 Å². The third kappa shape index (κ3) is 3.31. The molecular formula is C18H26BNO3.